The number of hydrogen-bond donors (Lipinski definition) is 1. The van der Waals surface area contributed by atoms with Crippen LogP contribution in [0.3, 0.4) is 0 Å². The van der Waals surface area contributed by atoms with Gasteiger partial charge in [-0.25, -0.2) is 15.0 Å². The standard InChI is InChI=1S/C13H12N4S/c1-7-4-3-5-9-11(7)12(14)17-13(16-9)10-6-15-8(2)18-10/h3-6H,1-2H3,(H2,14,16,17). The van der Waals surface area contributed by atoms with E-state index in [4.69, 9.17) is 5.73 Å². The Morgan fingerprint density at radius 2 is 2.00 bits per heavy atom. The minimum Gasteiger partial charge on any atom is -0.383 e. The van der Waals surface area contributed by atoms with E-state index in [-0.39, 0.29) is 0 Å². The second-order valence-electron chi connectivity index (χ2n) is 4.15. The number of thiazole rings is 1. The van der Waals surface area contributed by atoms with E-state index in [2.05, 4.69) is 15.0 Å². The summed E-state index contributed by atoms with van der Waals surface area (Å²) in [7, 11) is 0. The smallest absolute Gasteiger partial charge is 0.173 e. The van der Waals surface area contributed by atoms with Crippen molar-refractivity contribution in [1.82, 2.24) is 15.0 Å². The lowest BCUT2D eigenvalue weighted by Crippen LogP contribution is -1.98. The number of rotatable bonds is 1. The van der Waals surface area contributed by atoms with Crippen molar-refractivity contribution in [3.63, 3.8) is 0 Å². The van der Waals surface area contributed by atoms with Crippen LogP contribution in [0.5, 0.6) is 0 Å². The lowest BCUT2D eigenvalue weighted by Gasteiger charge is -2.06. The zero-order valence-electron chi connectivity index (χ0n) is 10.1. The summed E-state index contributed by atoms with van der Waals surface area (Å²) in [6, 6.07) is 5.95. The largest absolute Gasteiger partial charge is 0.383 e. The zero-order valence-corrected chi connectivity index (χ0v) is 11.0. The molecule has 0 saturated carbocycles. The molecule has 0 amide bonds. The van der Waals surface area contributed by atoms with Crippen molar-refractivity contribution in [2.75, 3.05) is 5.73 Å². The molecule has 0 atom stereocenters. The molecular weight excluding hydrogens is 244 g/mol. The highest BCUT2D eigenvalue weighted by Gasteiger charge is 2.10. The number of nitrogen functional groups attached to an aromatic ring is 1. The highest BCUT2D eigenvalue weighted by Crippen LogP contribution is 2.28. The molecule has 0 spiro atoms. The van der Waals surface area contributed by atoms with Gasteiger partial charge in [0, 0.05) is 11.6 Å². The molecule has 3 rings (SSSR count). The molecule has 90 valence electrons. The van der Waals surface area contributed by atoms with E-state index in [1.807, 2.05) is 32.0 Å². The highest BCUT2D eigenvalue weighted by atomic mass is 32.1. The molecule has 0 radical (unpaired) electrons. The molecule has 0 unspecified atom stereocenters. The van der Waals surface area contributed by atoms with Crippen molar-refractivity contribution >= 4 is 28.1 Å². The second-order valence-corrected chi connectivity index (χ2v) is 5.38. The van der Waals surface area contributed by atoms with Crippen LogP contribution in [0.15, 0.2) is 24.4 Å². The van der Waals surface area contributed by atoms with Gasteiger partial charge in [-0.05, 0) is 25.5 Å². The molecule has 5 heteroatoms. The number of aromatic nitrogens is 3. The van der Waals surface area contributed by atoms with Gasteiger partial charge in [0.15, 0.2) is 5.82 Å². The molecule has 4 nitrogen and oxygen atoms in total. The number of aryl methyl sites for hydroxylation is 2. The summed E-state index contributed by atoms with van der Waals surface area (Å²) < 4.78 is 0. The highest BCUT2D eigenvalue weighted by molar-refractivity contribution is 7.14. The molecule has 3 aromatic rings. The van der Waals surface area contributed by atoms with Crippen molar-refractivity contribution in [2.45, 2.75) is 13.8 Å². The Kier molecular flexibility index (Phi) is 2.48. The van der Waals surface area contributed by atoms with Crippen molar-refractivity contribution in [2.24, 2.45) is 0 Å². The third-order valence-corrected chi connectivity index (χ3v) is 3.71. The molecule has 0 bridgehead atoms. The number of nitrogens with two attached hydrogens (primary N) is 1. The molecule has 0 aliphatic rings. The molecule has 2 N–H and O–H groups in total. The fraction of sp³-hybridized carbons (Fsp3) is 0.154. The van der Waals surface area contributed by atoms with Crippen molar-refractivity contribution < 1.29 is 0 Å². The van der Waals surface area contributed by atoms with E-state index in [9.17, 15) is 0 Å². The van der Waals surface area contributed by atoms with Gasteiger partial charge < -0.3 is 5.73 Å². The lowest BCUT2D eigenvalue weighted by molar-refractivity contribution is 1.23. The van der Waals surface area contributed by atoms with Crippen molar-refractivity contribution in [1.29, 1.82) is 0 Å². The maximum absolute atomic E-state index is 6.04. The maximum Gasteiger partial charge on any atom is 0.173 e. The van der Waals surface area contributed by atoms with Crippen LogP contribution in [-0.4, -0.2) is 15.0 Å². The quantitative estimate of drug-likeness (QED) is 0.727. The van der Waals surface area contributed by atoms with Crippen LogP contribution >= 0.6 is 11.3 Å². The van der Waals surface area contributed by atoms with E-state index >= 15 is 0 Å². The Morgan fingerprint density at radius 3 is 2.72 bits per heavy atom. The maximum atomic E-state index is 6.04. The first-order chi connectivity index (χ1) is 8.65. The minimum atomic E-state index is 0.527. The number of anilines is 1. The fourth-order valence-corrected chi connectivity index (χ4v) is 2.67. The van der Waals surface area contributed by atoms with Crippen LogP contribution < -0.4 is 5.73 Å². The van der Waals surface area contributed by atoms with E-state index in [0.29, 0.717) is 11.6 Å². The number of hydrogen-bond acceptors (Lipinski definition) is 5. The van der Waals surface area contributed by atoms with Crippen molar-refractivity contribution in [3.05, 3.63) is 35.0 Å². The Balaban J connectivity index is 2.28. The third-order valence-electron chi connectivity index (χ3n) is 2.80. The molecule has 0 aliphatic heterocycles. The van der Waals surface area contributed by atoms with Crippen LogP contribution in [0.25, 0.3) is 21.6 Å². The predicted octanol–water partition coefficient (Wildman–Crippen LogP) is 2.95. The average Bonchev–Trinajstić information content (AvgIpc) is 2.75. The first kappa shape index (κ1) is 11.1. The summed E-state index contributed by atoms with van der Waals surface area (Å²) in [5.41, 5.74) is 8.01. The van der Waals surface area contributed by atoms with Crippen LogP contribution in [0.2, 0.25) is 0 Å². The van der Waals surface area contributed by atoms with Crippen LogP contribution in [0.4, 0.5) is 5.82 Å². The Bertz CT molecular complexity index is 733. The summed E-state index contributed by atoms with van der Waals surface area (Å²) in [6.07, 6.45) is 1.79. The molecule has 2 aromatic heterocycles. The van der Waals surface area contributed by atoms with Crippen molar-refractivity contribution in [3.8, 4) is 10.7 Å². The van der Waals surface area contributed by atoms with Gasteiger partial charge in [-0.1, -0.05) is 12.1 Å². The lowest BCUT2D eigenvalue weighted by atomic mass is 10.1. The summed E-state index contributed by atoms with van der Waals surface area (Å²) in [5.74, 6) is 1.18. The Labute approximate surface area is 109 Å². The minimum absolute atomic E-state index is 0.527. The summed E-state index contributed by atoms with van der Waals surface area (Å²) >= 11 is 1.57. The monoisotopic (exact) mass is 256 g/mol. The number of benzene rings is 1. The third kappa shape index (κ3) is 1.73. The first-order valence-electron chi connectivity index (χ1n) is 5.61. The fourth-order valence-electron chi connectivity index (χ4n) is 1.96. The number of fused-ring (bicyclic) bond motifs is 1. The Hall–Kier alpha value is -2.01. The first-order valence-corrected chi connectivity index (χ1v) is 6.42. The van der Waals surface area contributed by atoms with E-state index in [1.54, 1.807) is 17.5 Å². The summed E-state index contributed by atoms with van der Waals surface area (Å²) in [5, 5.41) is 1.93. The van der Waals surface area contributed by atoms with Crippen LogP contribution in [0.1, 0.15) is 10.6 Å². The molecule has 1 aromatic carbocycles. The molecule has 0 aliphatic carbocycles. The molecule has 2 heterocycles. The normalized spacial score (nSPS) is 11.0. The predicted molar refractivity (Wildman–Crippen MR) is 74.5 cm³/mol. The molecule has 0 fully saturated rings. The van der Waals surface area contributed by atoms with Gasteiger partial charge in [-0.15, -0.1) is 11.3 Å². The van der Waals surface area contributed by atoms with Gasteiger partial charge in [0.1, 0.15) is 5.82 Å². The summed E-state index contributed by atoms with van der Waals surface area (Å²) in [4.78, 5) is 14.1. The van der Waals surface area contributed by atoms with Gasteiger partial charge in [0.25, 0.3) is 0 Å². The SMILES string of the molecule is Cc1ncc(-c2nc(N)c3c(C)cccc3n2)s1. The van der Waals surface area contributed by atoms with Gasteiger partial charge in [-0.2, -0.15) is 0 Å². The van der Waals surface area contributed by atoms with E-state index < -0.39 is 0 Å². The topological polar surface area (TPSA) is 64.7 Å². The molecular formula is C13H12N4S. The molecule has 18 heavy (non-hydrogen) atoms. The van der Waals surface area contributed by atoms with Gasteiger partial charge in [0.2, 0.25) is 0 Å². The number of nitrogens with zero attached hydrogens (tertiary/aromatic N) is 3. The van der Waals surface area contributed by atoms with Gasteiger partial charge in [0.05, 0.1) is 15.4 Å². The summed E-state index contributed by atoms with van der Waals surface area (Å²) in [6.45, 7) is 3.97. The average molecular weight is 256 g/mol. The van der Waals surface area contributed by atoms with Crippen LogP contribution in [-0.2, 0) is 0 Å². The molecule has 0 saturated heterocycles. The van der Waals surface area contributed by atoms with E-state index in [0.717, 1.165) is 26.4 Å². The van der Waals surface area contributed by atoms with Crippen LogP contribution in [0, 0.1) is 13.8 Å². The van der Waals surface area contributed by atoms with E-state index in [1.165, 1.54) is 0 Å². The second kappa shape index (κ2) is 4.03. The van der Waals surface area contributed by atoms with Gasteiger partial charge in [-0.3, -0.25) is 0 Å². The zero-order chi connectivity index (χ0) is 12.7. The van der Waals surface area contributed by atoms with Gasteiger partial charge >= 0.3 is 0 Å². The Morgan fingerprint density at radius 1 is 1.17 bits per heavy atom.